The van der Waals surface area contributed by atoms with Crippen LogP contribution in [-0.4, -0.2) is 13.7 Å². The van der Waals surface area contributed by atoms with Crippen molar-refractivity contribution in [3.05, 3.63) is 330 Å². The molecular weight excluding hydrogens is 1170 g/mol. The Balaban J connectivity index is 0.835. The Morgan fingerprint density at radius 2 is 0.701 bits per heavy atom. The number of fused-ring (bicyclic) bond motifs is 16. The molecule has 11 aromatic rings. The minimum absolute atomic E-state index is 0.0934. The summed E-state index contributed by atoms with van der Waals surface area (Å²) in [5.74, 6) is 0. The van der Waals surface area contributed by atoms with E-state index in [0.717, 1.165) is 6.42 Å². The molecule has 7 aliphatic rings. The van der Waals surface area contributed by atoms with Gasteiger partial charge in [-0.05, 0) is 176 Å². The first-order valence-corrected chi connectivity index (χ1v) is 36.0. The number of nitrogens with zero attached hydrogens (tertiary/aromatic N) is 2. The summed E-state index contributed by atoms with van der Waals surface area (Å²) in [7, 11) is 0. The molecule has 3 unspecified atom stereocenters. The van der Waals surface area contributed by atoms with Crippen LogP contribution in [0, 0.1) is 0 Å². The lowest BCUT2D eigenvalue weighted by Gasteiger charge is -2.54. The minimum atomic E-state index is -0.452. The molecule has 2 nitrogen and oxygen atoms in total. The molecule has 478 valence electrons. The van der Waals surface area contributed by atoms with Gasteiger partial charge in [0.25, 0.3) is 0 Å². The highest BCUT2D eigenvalue weighted by atomic mass is 15.1. The molecule has 4 aliphatic heterocycles. The molecule has 3 aliphatic carbocycles. The lowest BCUT2D eigenvalue weighted by atomic mass is 9.37. The number of hydrogen-bond donors (Lipinski definition) is 0. The molecule has 0 spiro atoms. The number of para-hydroxylation sites is 3. The predicted octanol–water partition coefficient (Wildman–Crippen LogP) is 19.6. The monoisotopic (exact) mass is 1260 g/mol. The summed E-state index contributed by atoms with van der Waals surface area (Å²) >= 11 is 0. The van der Waals surface area contributed by atoms with Crippen LogP contribution in [0.5, 0.6) is 0 Å². The second-order valence-electron chi connectivity index (χ2n) is 34.8. The fourth-order valence-corrected chi connectivity index (χ4v) is 21.4. The molecule has 18 rings (SSSR count). The van der Waals surface area contributed by atoms with Gasteiger partial charge in [-0.25, -0.2) is 0 Å². The fourth-order valence-electron chi connectivity index (χ4n) is 21.4. The van der Waals surface area contributed by atoms with Crippen molar-refractivity contribution >= 4 is 58.3 Å². The van der Waals surface area contributed by atoms with E-state index in [1.165, 1.54) is 161 Å². The van der Waals surface area contributed by atoms with Crippen molar-refractivity contribution in [3.8, 4) is 11.1 Å². The first kappa shape index (κ1) is 60.6. The summed E-state index contributed by atoms with van der Waals surface area (Å²) in [6.45, 7) is 41.9. The molecule has 4 heteroatoms. The molecule has 0 amide bonds. The number of anilines is 4. The van der Waals surface area contributed by atoms with Gasteiger partial charge in [0, 0.05) is 60.7 Å². The summed E-state index contributed by atoms with van der Waals surface area (Å²) in [5, 5.41) is 0. The highest BCUT2D eigenvalue weighted by molar-refractivity contribution is 6.91. The fraction of sp³-hybridized carbons (Fsp3) is 0.290. The van der Waals surface area contributed by atoms with Gasteiger partial charge in [-0.2, -0.15) is 0 Å². The average molecular weight is 1260 g/mol. The van der Waals surface area contributed by atoms with Crippen molar-refractivity contribution in [1.82, 2.24) is 0 Å². The van der Waals surface area contributed by atoms with E-state index in [9.17, 15) is 0 Å². The van der Waals surface area contributed by atoms with Crippen LogP contribution >= 0.6 is 0 Å². The van der Waals surface area contributed by atoms with Crippen molar-refractivity contribution in [2.45, 2.75) is 173 Å². The SMILES string of the molecule is CC(C)(C)c1cccc2c1N(B1c3ccccc3C3(C)c4ccc(CC5(C)c6ccccc6N(B6c7ccccc7C7(C)c8ccccc8C(C)(C)c8cccc6c87)c6c5ccc5c6C(C)(C)c6ccccc6-5)cc4C(C)(C)c4cccc1c43)c1c(C(C)(C)C)cccc1C2(C)C. The van der Waals surface area contributed by atoms with E-state index in [1.807, 2.05) is 0 Å². The van der Waals surface area contributed by atoms with Gasteiger partial charge < -0.3 is 9.62 Å². The lowest BCUT2D eigenvalue weighted by Crippen LogP contribution is -2.65. The van der Waals surface area contributed by atoms with Crippen LogP contribution in [0.4, 0.5) is 22.7 Å². The van der Waals surface area contributed by atoms with Crippen molar-refractivity contribution in [2.75, 3.05) is 9.62 Å². The molecule has 4 heterocycles. The van der Waals surface area contributed by atoms with Crippen LogP contribution in [0.3, 0.4) is 0 Å². The van der Waals surface area contributed by atoms with Crippen LogP contribution in [0.2, 0.25) is 0 Å². The Morgan fingerprint density at radius 1 is 0.289 bits per heavy atom. The van der Waals surface area contributed by atoms with Crippen LogP contribution in [0.15, 0.2) is 224 Å². The van der Waals surface area contributed by atoms with Crippen LogP contribution in [0.25, 0.3) is 11.1 Å². The third-order valence-corrected chi connectivity index (χ3v) is 26.0. The molecule has 0 saturated heterocycles. The zero-order chi connectivity index (χ0) is 67.4. The van der Waals surface area contributed by atoms with Crippen molar-refractivity contribution in [1.29, 1.82) is 0 Å². The topological polar surface area (TPSA) is 6.48 Å². The van der Waals surface area contributed by atoms with Gasteiger partial charge in [0.15, 0.2) is 0 Å². The largest absolute Gasteiger partial charge is 0.376 e. The number of benzene rings is 11. The van der Waals surface area contributed by atoms with Gasteiger partial charge in [0.1, 0.15) is 0 Å². The Morgan fingerprint density at radius 3 is 1.27 bits per heavy atom. The molecule has 97 heavy (non-hydrogen) atoms. The average Bonchev–Trinajstić information content (AvgIpc) is 0.767. The standard InChI is InChI=1S/C93H90B2N2/c1-85(2,3)68-41-28-43-70-82(68)97(83-69(86(4,5)6)42-29-44-71(83)89(70,11)12)95-75-46-26-23-37-64(75)93(17)62-52-50-56(54-73(62)88(9,10)67-40-31-48-77(95)81(67)93)55-91(15)65-38-24-27-49-78(65)96(84-72(91)53-51-58-57-32-18-19-33-59(57)90(13,14)79(58)84)94-74-45-25-22-36-63(74)92(16)61-35-21-20-34-60(61)87(7,8)66-39-30-47-76(94)80(66)92/h18-54H,55H2,1-17H3. The van der Waals surface area contributed by atoms with Gasteiger partial charge in [-0.15, -0.1) is 0 Å². The Bertz CT molecular complexity index is 5200. The quantitative estimate of drug-likeness (QED) is 0.162. The van der Waals surface area contributed by atoms with Gasteiger partial charge in [-0.3, -0.25) is 0 Å². The number of hydrogen-bond acceptors (Lipinski definition) is 2. The van der Waals surface area contributed by atoms with E-state index in [4.69, 9.17) is 0 Å². The van der Waals surface area contributed by atoms with Gasteiger partial charge in [-0.1, -0.05) is 322 Å². The summed E-state index contributed by atoms with van der Waals surface area (Å²) in [4.78, 5) is 5.74. The van der Waals surface area contributed by atoms with E-state index >= 15 is 0 Å². The third kappa shape index (κ3) is 7.56. The Hall–Kier alpha value is -8.85. The van der Waals surface area contributed by atoms with E-state index in [-0.39, 0.29) is 51.6 Å². The van der Waals surface area contributed by atoms with Crippen LogP contribution in [0.1, 0.15) is 223 Å². The highest BCUT2D eigenvalue weighted by Crippen LogP contribution is 2.63. The van der Waals surface area contributed by atoms with E-state index < -0.39 is 10.8 Å². The van der Waals surface area contributed by atoms with Crippen molar-refractivity contribution < 1.29 is 0 Å². The Labute approximate surface area is 578 Å². The summed E-state index contributed by atoms with van der Waals surface area (Å²) in [6, 6.07) is 89.4. The maximum absolute atomic E-state index is 2.87. The molecule has 11 aromatic carbocycles. The van der Waals surface area contributed by atoms with Gasteiger partial charge in [0.05, 0.1) is 0 Å². The summed E-state index contributed by atoms with van der Waals surface area (Å²) in [6.07, 6.45) is 0.823. The van der Waals surface area contributed by atoms with E-state index in [2.05, 4.69) is 352 Å². The maximum atomic E-state index is 2.87. The van der Waals surface area contributed by atoms with E-state index in [0.29, 0.717) is 0 Å². The summed E-state index contributed by atoms with van der Waals surface area (Å²) in [5.41, 5.74) is 37.9. The first-order chi connectivity index (χ1) is 46.1. The highest BCUT2D eigenvalue weighted by Gasteiger charge is 2.59. The predicted molar refractivity (Wildman–Crippen MR) is 411 cm³/mol. The van der Waals surface area contributed by atoms with Crippen molar-refractivity contribution in [3.63, 3.8) is 0 Å². The minimum Gasteiger partial charge on any atom is -0.376 e. The second-order valence-corrected chi connectivity index (χ2v) is 34.8. The molecule has 0 bridgehead atoms. The molecular formula is C93H90B2N2. The smallest absolute Gasteiger partial charge is 0.328 e. The third-order valence-electron chi connectivity index (χ3n) is 26.0. The van der Waals surface area contributed by atoms with Crippen LogP contribution in [-0.2, 0) is 55.2 Å². The Kier molecular flexibility index (Phi) is 12.2. The zero-order valence-electron chi connectivity index (χ0n) is 60.1. The normalized spacial score (nSPS) is 21.5. The maximum Gasteiger partial charge on any atom is 0.328 e. The number of rotatable bonds is 4. The summed E-state index contributed by atoms with van der Waals surface area (Å²) < 4.78 is 0. The van der Waals surface area contributed by atoms with Crippen molar-refractivity contribution in [2.24, 2.45) is 0 Å². The van der Waals surface area contributed by atoms with Gasteiger partial charge in [0.2, 0.25) is 0 Å². The van der Waals surface area contributed by atoms with Gasteiger partial charge >= 0.3 is 13.7 Å². The zero-order valence-corrected chi connectivity index (χ0v) is 60.1. The molecule has 0 radical (unpaired) electrons. The molecule has 0 N–H and O–H groups in total. The molecule has 0 fully saturated rings. The molecule has 0 saturated carbocycles. The second kappa shape index (κ2) is 19.5. The lowest BCUT2D eigenvalue weighted by molar-refractivity contribution is 0.535. The first-order valence-electron chi connectivity index (χ1n) is 36.0. The molecule has 3 atom stereocenters. The van der Waals surface area contributed by atoms with E-state index in [1.54, 1.807) is 0 Å². The molecule has 0 aromatic heterocycles. The van der Waals surface area contributed by atoms with Crippen LogP contribution < -0.4 is 31.5 Å².